The molecule has 2 saturated carbocycles. The normalized spacial score (nSPS) is 29.6. The van der Waals surface area contributed by atoms with Gasteiger partial charge in [0.25, 0.3) is 0 Å². The van der Waals surface area contributed by atoms with E-state index in [0.717, 1.165) is 23.3 Å². The van der Waals surface area contributed by atoms with Crippen molar-refractivity contribution in [2.45, 2.75) is 51.4 Å². The molecule has 0 aromatic heterocycles. The summed E-state index contributed by atoms with van der Waals surface area (Å²) >= 11 is 0. The molecule has 3 nitrogen and oxygen atoms in total. The molecule has 0 unspecified atom stereocenters. The fourth-order valence-electron chi connectivity index (χ4n) is 4.33. The third kappa shape index (κ3) is 4.09. The smallest absolute Gasteiger partial charge is 0.0897 e. The van der Waals surface area contributed by atoms with Crippen molar-refractivity contribution in [1.29, 1.82) is 0 Å². The second-order valence-corrected chi connectivity index (χ2v) is 7.19. The molecule has 3 heteroatoms. The molecule has 5 atom stereocenters. The van der Waals surface area contributed by atoms with E-state index in [4.69, 9.17) is 4.74 Å². The number of aliphatic hydroxyl groups excluding tert-OH is 1. The van der Waals surface area contributed by atoms with Crippen molar-refractivity contribution in [2.24, 2.45) is 17.8 Å². The van der Waals surface area contributed by atoms with Crippen LogP contribution < -0.4 is 5.32 Å². The molecule has 0 heterocycles. The minimum Gasteiger partial charge on any atom is -0.389 e. The molecule has 1 aromatic carbocycles. The number of rotatable bonds is 8. The first kappa shape index (κ1) is 16.0. The van der Waals surface area contributed by atoms with Crippen molar-refractivity contribution in [3.8, 4) is 0 Å². The van der Waals surface area contributed by atoms with Crippen molar-refractivity contribution in [1.82, 2.24) is 5.32 Å². The minimum atomic E-state index is -0.426. The Hall–Kier alpha value is -0.900. The van der Waals surface area contributed by atoms with Crippen LogP contribution in [0, 0.1) is 17.8 Å². The predicted octanol–water partition coefficient (Wildman–Crippen LogP) is 2.98. The Morgan fingerprint density at radius 2 is 2.05 bits per heavy atom. The van der Waals surface area contributed by atoms with Crippen LogP contribution in [-0.2, 0) is 11.3 Å². The van der Waals surface area contributed by atoms with Crippen LogP contribution in [0.5, 0.6) is 0 Å². The fraction of sp³-hybridized carbons (Fsp3) is 0.684. The lowest BCUT2D eigenvalue weighted by Crippen LogP contribution is -2.41. The first-order valence-electron chi connectivity index (χ1n) is 8.75. The molecular weight excluding hydrogens is 274 g/mol. The summed E-state index contributed by atoms with van der Waals surface area (Å²) in [7, 11) is 0. The van der Waals surface area contributed by atoms with Gasteiger partial charge in [-0.3, -0.25) is 0 Å². The molecule has 2 fully saturated rings. The van der Waals surface area contributed by atoms with Crippen LogP contribution in [0.4, 0.5) is 0 Å². The Bertz CT molecular complexity index is 450. The zero-order chi connectivity index (χ0) is 15.4. The van der Waals surface area contributed by atoms with E-state index in [1.54, 1.807) is 0 Å². The number of hydrogen-bond donors (Lipinski definition) is 2. The first-order valence-corrected chi connectivity index (χ1v) is 8.75. The molecule has 2 N–H and O–H groups in total. The maximum atomic E-state index is 10.1. The second kappa shape index (κ2) is 7.58. The minimum absolute atomic E-state index is 0.394. The van der Waals surface area contributed by atoms with Gasteiger partial charge in [-0.05, 0) is 49.5 Å². The summed E-state index contributed by atoms with van der Waals surface area (Å²) in [6.07, 6.45) is 5.28. The van der Waals surface area contributed by atoms with Crippen LogP contribution in [0.2, 0.25) is 0 Å². The second-order valence-electron chi connectivity index (χ2n) is 7.19. The van der Waals surface area contributed by atoms with Gasteiger partial charge in [0.1, 0.15) is 0 Å². The molecule has 2 aliphatic carbocycles. The molecule has 1 aromatic rings. The first-order chi connectivity index (χ1) is 10.7. The Morgan fingerprint density at radius 3 is 2.73 bits per heavy atom. The predicted molar refractivity (Wildman–Crippen MR) is 88.5 cm³/mol. The number of fused-ring (bicyclic) bond motifs is 2. The molecule has 2 aliphatic rings. The van der Waals surface area contributed by atoms with Gasteiger partial charge in [0.15, 0.2) is 0 Å². The quantitative estimate of drug-likeness (QED) is 0.776. The number of hydrogen-bond acceptors (Lipinski definition) is 3. The van der Waals surface area contributed by atoms with E-state index < -0.39 is 6.10 Å². The van der Waals surface area contributed by atoms with Gasteiger partial charge in [-0.1, -0.05) is 36.8 Å². The summed E-state index contributed by atoms with van der Waals surface area (Å²) in [6, 6.07) is 10.6. The van der Waals surface area contributed by atoms with E-state index in [0.29, 0.717) is 25.8 Å². The van der Waals surface area contributed by atoms with Gasteiger partial charge in [-0.15, -0.1) is 0 Å². The Kier molecular flexibility index (Phi) is 5.51. The van der Waals surface area contributed by atoms with Crippen molar-refractivity contribution in [3.05, 3.63) is 35.9 Å². The highest BCUT2D eigenvalue weighted by atomic mass is 16.5. The molecule has 2 bridgehead atoms. The highest BCUT2D eigenvalue weighted by Gasteiger charge is 2.41. The lowest BCUT2D eigenvalue weighted by molar-refractivity contribution is 0.0263. The summed E-state index contributed by atoms with van der Waals surface area (Å²) < 4.78 is 5.60. The number of nitrogens with one attached hydrogen (secondary N) is 1. The van der Waals surface area contributed by atoms with Crippen molar-refractivity contribution in [3.63, 3.8) is 0 Å². The molecule has 3 rings (SSSR count). The highest BCUT2D eigenvalue weighted by Crippen LogP contribution is 2.49. The standard InChI is InChI=1S/C19H29NO2/c1-14(19-10-16-7-8-17(19)9-16)20-11-18(21)13-22-12-15-5-3-2-4-6-15/h2-6,14,16-21H,7-13H2,1H3/t14-,16-,17-,18-,19-/m0/s1. The summed E-state index contributed by atoms with van der Waals surface area (Å²) in [5.41, 5.74) is 1.15. The van der Waals surface area contributed by atoms with E-state index in [-0.39, 0.29) is 0 Å². The van der Waals surface area contributed by atoms with Gasteiger partial charge in [-0.25, -0.2) is 0 Å². The van der Waals surface area contributed by atoms with E-state index in [1.807, 2.05) is 30.3 Å². The third-order valence-electron chi connectivity index (χ3n) is 5.53. The summed E-state index contributed by atoms with van der Waals surface area (Å²) in [5, 5.41) is 13.6. The Labute approximate surface area is 134 Å². The Balaban J connectivity index is 1.31. The van der Waals surface area contributed by atoms with Crippen molar-refractivity contribution >= 4 is 0 Å². The Morgan fingerprint density at radius 1 is 1.23 bits per heavy atom. The van der Waals surface area contributed by atoms with E-state index in [1.165, 1.54) is 25.7 Å². The number of benzene rings is 1. The highest BCUT2D eigenvalue weighted by molar-refractivity contribution is 5.13. The van der Waals surface area contributed by atoms with Gasteiger partial charge in [0, 0.05) is 12.6 Å². The van der Waals surface area contributed by atoms with Crippen LogP contribution in [-0.4, -0.2) is 30.4 Å². The van der Waals surface area contributed by atoms with Crippen LogP contribution in [0.1, 0.15) is 38.2 Å². The third-order valence-corrected chi connectivity index (χ3v) is 5.53. The number of aliphatic hydroxyl groups is 1. The molecule has 0 saturated heterocycles. The lowest BCUT2D eigenvalue weighted by Gasteiger charge is -2.29. The van der Waals surface area contributed by atoms with Crippen LogP contribution in [0.25, 0.3) is 0 Å². The molecule has 0 aliphatic heterocycles. The fourth-order valence-corrected chi connectivity index (χ4v) is 4.33. The van der Waals surface area contributed by atoms with E-state index in [9.17, 15) is 5.11 Å². The topological polar surface area (TPSA) is 41.5 Å². The van der Waals surface area contributed by atoms with Gasteiger partial charge < -0.3 is 15.2 Å². The molecule has 0 amide bonds. The largest absolute Gasteiger partial charge is 0.389 e. The summed E-state index contributed by atoms with van der Waals surface area (Å²) in [4.78, 5) is 0. The van der Waals surface area contributed by atoms with E-state index >= 15 is 0 Å². The van der Waals surface area contributed by atoms with Gasteiger partial charge >= 0.3 is 0 Å². The average molecular weight is 303 g/mol. The van der Waals surface area contributed by atoms with Crippen molar-refractivity contribution < 1.29 is 9.84 Å². The van der Waals surface area contributed by atoms with Crippen LogP contribution >= 0.6 is 0 Å². The average Bonchev–Trinajstić information content (AvgIpc) is 3.17. The van der Waals surface area contributed by atoms with Gasteiger partial charge in [-0.2, -0.15) is 0 Å². The van der Waals surface area contributed by atoms with Gasteiger partial charge in [0.2, 0.25) is 0 Å². The van der Waals surface area contributed by atoms with E-state index in [2.05, 4.69) is 12.2 Å². The molecule has 122 valence electrons. The van der Waals surface area contributed by atoms with Crippen LogP contribution in [0.3, 0.4) is 0 Å². The summed E-state index contributed by atoms with van der Waals surface area (Å²) in [5.74, 6) is 2.73. The maximum absolute atomic E-state index is 10.1. The van der Waals surface area contributed by atoms with Crippen molar-refractivity contribution in [2.75, 3.05) is 13.2 Å². The lowest BCUT2D eigenvalue weighted by atomic mass is 9.84. The van der Waals surface area contributed by atoms with Crippen LogP contribution in [0.15, 0.2) is 30.3 Å². The van der Waals surface area contributed by atoms with Gasteiger partial charge in [0.05, 0.1) is 19.3 Å². The number of ether oxygens (including phenoxy) is 1. The zero-order valence-corrected chi connectivity index (χ0v) is 13.6. The molecular formula is C19H29NO2. The summed E-state index contributed by atoms with van der Waals surface area (Å²) in [6.45, 7) is 3.87. The molecule has 22 heavy (non-hydrogen) atoms. The molecule has 0 spiro atoms. The molecule has 0 radical (unpaired) electrons. The SMILES string of the molecule is C[C@H](NC[C@H](O)COCc1ccccc1)[C@@H]1C[C@H]2CC[C@H]1C2. The zero-order valence-electron chi connectivity index (χ0n) is 13.6. The monoisotopic (exact) mass is 303 g/mol. The maximum Gasteiger partial charge on any atom is 0.0897 e.